The molecule has 0 bridgehead atoms. The number of rotatable bonds is 6. The molecule has 1 saturated carbocycles. The summed E-state index contributed by atoms with van der Waals surface area (Å²) in [7, 11) is 1.95. The second kappa shape index (κ2) is 7.31. The topological polar surface area (TPSA) is 73.6 Å². The zero-order chi connectivity index (χ0) is 18.8. The molecule has 0 radical (unpaired) electrons. The van der Waals surface area contributed by atoms with Crippen LogP contribution in [0.5, 0.6) is 11.5 Å². The van der Waals surface area contributed by atoms with Crippen molar-refractivity contribution in [2.75, 3.05) is 0 Å². The van der Waals surface area contributed by atoms with E-state index < -0.39 is 5.97 Å². The minimum atomic E-state index is -0.974. The van der Waals surface area contributed by atoms with Crippen LogP contribution < -0.4 is 9.47 Å². The summed E-state index contributed by atoms with van der Waals surface area (Å²) in [6, 6.07) is 12.4. The van der Waals surface area contributed by atoms with E-state index in [1.165, 1.54) is 25.0 Å². The van der Waals surface area contributed by atoms with Gasteiger partial charge in [-0.05, 0) is 56.0 Å². The zero-order valence-electron chi connectivity index (χ0n) is 15.2. The van der Waals surface area contributed by atoms with Crippen molar-refractivity contribution in [3.8, 4) is 11.5 Å². The van der Waals surface area contributed by atoms with E-state index in [-0.39, 0.29) is 12.2 Å². The minimum absolute atomic E-state index is 0.200. The van der Waals surface area contributed by atoms with E-state index in [0.717, 1.165) is 35.4 Å². The molecule has 6 nitrogen and oxygen atoms in total. The zero-order valence-corrected chi connectivity index (χ0v) is 15.2. The van der Waals surface area contributed by atoms with Gasteiger partial charge in [-0.3, -0.25) is 0 Å². The van der Waals surface area contributed by atoms with Crippen molar-refractivity contribution in [1.82, 2.24) is 9.55 Å². The number of hydrogen-bond acceptors (Lipinski definition) is 4. The molecule has 0 saturated heterocycles. The first kappa shape index (κ1) is 17.4. The van der Waals surface area contributed by atoms with Gasteiger partial charge < -0.3 is 19.1 Å². The third-order valence-electron chi connectivity index (χ3n) is 5.00. The Balaban J connectivity index is 1.51. The van der Waals surface area contributed by atoms with Crippen molar-refractivity contribution in [2.24, 2.45) is 7.05 Å². The monoisotopic (exact) mass is 366 g/mol. The van der Waals surface area contributed by atoms with E-state index in [2.05, 4.69) is 4.98 Å². The van der Waals surface area contributed by atoms with Crippen molar-refractivity contribution >= 4 is 17.0 Å². The average Bonchev–Trinajstić information content (AvgIpc) is 3.29. The molecule has 0 unspecified atom stereocenters. The van der Waals surface area contributed by atoms with Crippen LogP contribution in [0.4, 0.5) is 0 Å². The van der Waals surface area contributed by atoms with Gasteiger partial charge in [-0.2, -0.15) is 0 Å². The van der Waals surface area contributed by atoms with Crippen molar-refractivity contribution < 1.29 is 19.4 Å². The third-order valence-corrected chi connectivity index (χ3v) is 5.00. The molecule has 2 aromatic carbocycles. The number of nitrogens with zero attached hydrogens (tertiary/aromatic N) is 2. The van der Waals surface area contributed by atoms with Crippen molar-refractivity contribution in [2.45, 2.75) is 38.4 Å². The van der Waals surface area contributed by atoms with E-state index >= 15 is 0 Å². The number of aromatic carboxylic acids is 1. The van der Waals surface area contributed by atoms with Gasteiger partial charge in [0.1, 0.15) is 23.9 Å². The Morgan fingerprint density at radius 1 is 1.19 bits per heavy atom. The van der Waals surface area contributed by atoms with Gasteiger partial charge in [0, 0.05) is 13.1 Å². The van der Waals surface area contributed by atoms with Gasteiger partial charge in [-0.25, -0.2) is 9.78 Å². The number of imidazole rings is 1. The van der Waals surface area contributed by atoms with Crippen LogP contribution in [0.1, 0.15) is 41.9 Å². The summed E-state index contributed by atoms with van der Waals surface area (Å²) in [5.74, 6) is 1.17. The summed E-state index contributed by atoms with van der Waals surface area (Å²) >= 11 is 0. The number of aromatic nitrogens is 2. The number of aryl methyl sites for hydroxylation is 1. The number of carboxylic acid groups (broad SMARTS) is 1. The fourth-order valence-corrected chi connectivity index (χ4v) is 3.49. The van der Waals surface area contributed by atoms with Crippen LogP contribution in [0.3, 0.4) is 0 Å². The number of carbonyl (C=O) groups is 1. The molecule has 1 aromatic heterocycles. The van der Waals surface area contributed by atoms with Gasteiger partial charge in [-0.1, -0.05) is 6.07 Å². The Kier molecular flexibility index (Phi) is 4.71. The van der Waals surface area contributed by atoms with Crippen LogP contribution >= 0.6 is 0 Å². The first-order valence-electron chi connectivity index (χ1n) is 9.18. The second-order valence-electron chi connectivity index (χ2n) is 6.88. The molecule has 1 heterocycles. The van der Waals surface area contributed by atoms with Crippen molar-refractivity contribution in [3.63, 3.8) is 0 Å². The summed E-state index contributed by atoms with van der Waals surface area (Å²) in [4.78, 5) is 15.7. The Morgan fingerprint density at radius 3 is 2.78 bits per heavy atom. The predicted octanol–water partition coefficient (Wildman–Crippen LogP) is 4.17. The van der Waals surface area contributed by atoms with Crippen LogP contribution in [0.25, 0.3) is 11.0 Å². The van der Waals surface area contributed by atoms with Gasteiger partial charge in [0.25, 0.3) is 0 Å². The molecule has 3 aromatic rings. The highest BCUT2D eigenvalue weighted by Crippen LogP contribution is 2.27. The summed E-state index contributed by atoms with van der Waals surface area (Å²) in [6.45, 7) is 0.257. The molecular weight excluding hydrogens is 344 g/mol. The number of benzene rings is 2. The Labute approximate surface area is 157 Å². The molecule has 0 spiro atoms. The van der Waals surface area contributed by atoms with E-state index in [1.807, 2.05) is 29.8 Å². The van der Waals surface area contributed by atoms with Crippen LogP contribution in [0.15, 0.2) is 42.5 Å². The standard InChI is InChI=1S/C21H22N2O4/c1-23-19-12-17(27-15-6-2-3-7-15)9-10-18(19)22-20(23)13-26-16-8-4-5-14(11-16)21(24)25/h4-5,8-12,15H,2-3,6-7,13H2,1H3,(H,24,25). The maximum absolute atomic E-state index is 11.1. The van der Waals surface area contributed by atoms with Gasteiger partial charge >= 0.3 is 5.97 Å². The highest BCUT2D eigenvalue weighted by Gasteiger charge is 2.17. The molecular formula is C21H22N2O4. The lowest BCUT2D eigenvalue weighted by Gasteiger charge is -2.13. The summed E-state index contributed by atoms with van der Waals surface area (Å²) in [5, 5.41) is 9.08. The molecule has 0 atom stereocenters. The molecule has 6 heteroatoms. The quantitative estimate of drug-likeness (QED) is 0.709. The predicted molar refractivity (Wildman–Crippen MR) is 101 cm³/mol. The fourth-order valence-electron chi connectivity index (χ4n) is 3.49. The van der Waals surface area contributed by atoms with E-state index in [1.54, 1.807) is 12.1 Å². The number of carboxylic acids is 1. The van der Waals surface area contributed by atoms with E-state index in [4.69, 9.17) is 14.6 Å². The van der Waals surface area contributed by atoms with Crippen LogP contribution in [-0.2, 0) is 13.7 Å². The van der Waals surface area contributed by atoms with Crippen LogP contribution in [-0.4, -0.2) is 26.7 Å². The average molecular weight is 366 g/mol. The lowest BCUT2D eigenvalue weighted by molar-refractivity contribution is 0.0696. The third kappa shape index (κ3) is 3.74. The van der Waals surface area contributed by atoms with E-state index in [0.29, 0.717) is 11.9 Å². The molecule has 1 aliphatic rings. The van der Waals surface area contributed by atoms with Crippen LogP contribution in [0.2, 0.25) is 0 Å². The summed E-state index contributed by atoms with van der Waals surface area (Å²) < 4.78 is 13.8. The minimum Gasteiger partial charge on any atom is -0.490 e. The lowest BCUT2D eigenvalue weighted by atomic mass is 10.2. The molecule has 1 fully saturated rings. The first-order chi connectivity index (χ1) is 13.1. The summed E-state index contributed by atoms with van der Waals surface area (Å²) in [5.41, 5.74) is 2.07. The van der Waals surface area contributed by atoms with Gasteiger partial charge in [0.2, 0.25) is 0 Å². The van der Waals surface area contributed by atoms with Crippen LogP contribution in [0, 0.1) is 0 Å². The van der Waals surface area contributed by atoms with Gasteiger partial charge in [0.05, 0.1) is 22.7 Å². The molecule has 1 aliphatic carbocycles. The smallest absolute Gasteiger partial charge is 0.335 e. The fraction of sp³-hybridized carbons (Fsp3) is 0.333. The maximum atomic E-state index is 11.1. The molecule has 0 amide bonds. The van der Waals surface area contributed by atoms with Gasteiger partial charge in [-0.15, -0.1) is 0 Å². The summed E-state index contributed by atoms with van der Waals surface area (Å²) in [6.07, 6.45) is 5.04. The Morgan fingerprint density at radius 2 is 2.00 bits per heavy atom. The second-order valence-corrected chi connectivity index (χ2v) is 6.88. The maximum Gasteiger partial charge on any atom is 0.335 e. The normalized spacial score (nSPS) is 14.6. The van der Waals surface area contributed by atoms with Crippen molar-refractivity contribution in [1.29, 1.82) is 0 Å². The SMILES string of the molecule is Cn1c(COc2cccc(C(=O)O)c2)nc2ccc(OC3CCCC3)cc21. The molecule has 140 valence electrons. The molecule has 27 heavy (non-hydrogen) atoms. The van der Waals surface area contributed by atoms with Gasteiger partial charge in [0.15, 0.2) is 0 Å². The molecule has 0 aliphatic heterocycles. The number of hydrogen-bond donors (Lipinski definition) is 1. The van der Waals surface area contributed by atoms with Crippen molar-refractivity contribution in [3.05, 3.63) is 53.9 Å². The Hall–Kier alpha value is -3.02. The molecule has 4 rings (SSSR count). The van der Waals surface area contributed by atoms with E-state index in [9.17, 15) is 4.79 Å². The first-order valence-corrected chi connectivity index (χ1v) is 9.18. The highest BCUT2D eigenvalue weighted by atomic mass is 16.5. The number of ether oxygens (including phenoxy) is 2. The number of fused-ring (bicyclic) bond motifs is 1. The largest absolute Gasteiger partial charge is 0.490 e. The molecule has 1 N–H and O–H groups in total. The Bertz CT molecular complexity index is 973. The lowest BCUT2D eigenvalue weighted by Crippen LogP contribution is -2.10. The highest BCUT2D eigenvalue weighted by molar-refractivity contribution is 5.88.